The van der Waals surface area contributed by atoms with Crippen LogP contribution in [0, 0.1) is 20.8 Å². The molecule has 0 radical (unpaired) electrons. The lowest BCUT2D eigenvalue weighted by Gasteiger charge is -2.11. The molecule has 0 unspecified atom stereocenters. The molecule has 0 bridgehead atoms. The highest BCUT2D eigenvalue weighted by Crippen LogP contribution is 2.38. The van der Waals surface area contributed by atoms with Gasteiger partial charge in [0.25, 0.3) is 0 Å². The smallest absolute Gasteiger partial charge is 0.248 e. The molecule has 1 aromatic carbocycles. The third-order valence-corrected chi connectivity index (χ3v) is 5.00. The first-order valence-electron chi connectivity index (χ1n) is 8.42. The number of methoxy groups -OCH3 is 1. The Bertz CT molecular complexity index is 848. The molecule has 25 heavy (non-hydrogen) atoms. The second-order valence-corrected chi connectivity index (χ2v) is 6.96. The van der Waals surface area contributed by atoms with E-state index in [1.54, 1.807) is 19.3 Å². The fourth-order valence-corrected chi connectivity index (χ4v) is 3.29. The van der Waals surface area contributed by atoms with Gasteiger partial charge in [0, 0.05) is 34.6 Å². The number of halogens is 1. The minimum absolute atomic E-state index is 0.198. The van der Waals surface area contributed by atoms with Crippen molar-refractivity contribution in [2.75, 3.05) is 12.4 Å². The fraction of sp³-hybridized carbons (Fsp3) is 0.350. The number of amides is 1. The second kappa shape index (κ2) is 6.96. The Kier molecular flexibility index (Phi) is 4.91. The number of rotatable bonds is 5. The van der Waals surface area contributed by atoms with Gasteiger partial charge in [-0.15, -0.1) is 0 Å². The second-order valence-electron chi connectivity index (χ2n) is 6.55. The van der Waals surface area contributed by atoms with Crippen molar-refractivity contribution in [1.82, 2.24) is 4.57 Å². The van der Waals surface area contributed by atoms with E-state index in [4.69, 9.17) is 16.3 Å². The van der Waals surface area contributed by atoms with E-state index < -0.39 is 0 Å². The molecule has 2 aromatic rings. The number of aryl methyl sites for hydroxylation is 2. The highest BCUT2D eigenvalue weighted by Gasteiger charge is 2.26. The molecule has 0 spiro atoms. The number of carbonyl (C=O) groups is 1. The molecule has 1 saturated carbocycles. The van der Waals surface area contributed by atoms with Crippen LogP contribution in [0.5, 0.6) is 5.75 Å². The molecular weight excluding hydrogens is 336 g/mol. The number of nitrogens with one attached hydrogen (secondary N) is 1. The van der Waals surface area contributed by atoms with Crippen molar-refractivity contribution in [2.45, 2.75) is 39.7 Å². The molecular formula is C20H23ClN2O2. The standard InChI is InChI=1S/C20H23ClN2O2/c1-12-9-18(19(25-4)11-17(12)21)22-20(24)8-5-15-10-13(2)23(14(15)3)16-6-7-16/h5,8-11,16H,6-7H2,1-4H3,(H,22,24)/b8-5+. The predicted octanol–water partition coefficient (Wildman–Crippen LogP) is 5.06. The number of hydrogen-bond acceptors (Lipinski definition) is 2. The summed E-state index contributed by atoms with van der Waals surface area (Å²) in [4.78, 5) is 12.3. The van der Waals surface area contributed by atoms with Crippen LogP contribution in [0.25, 0.3) is 6.08 Å². The van der Waals surface area contributed by atoms with Crippen molar-refractivity contribution in [3.8, 4) is 5.75 Å². The summed E-state index contributed by atoms with van der Waals surface area (Å²) in [6.45, 7) is 6.11. The molecule has 0 saturated heterocycles. The third-order valence-electron chi connectivity index (χ3n) is 4.59. The molecule has 4 nitrogen and oxygen atoms in total. The monoisotopic (exact) mass is 358 g/mol. The number of hydrogen-bond donors (Lipinski definition) is 1. The minimum Gasteiger partial charge on any atom is -0.495 e. The van der Waals surface area contributed by atoms with Crippen molar-refractivity contribution in [2.24, 2.45) is 0 Å². The van der Waals surface area contributed by atoms with E-state index in [0.717, 1.165) is 11.1 Å². The summed E-state index contributed by atoms with van der Waals surface area (Å²) in [5, 5.41) is 3.47. The Balaban J connectivity index is 1.76. The van der Waals surface area contributed by atoms with Crippen molar-refractivity contribution >= 4 is 29.3 Å². The summed E-state index contributed by atoms with van der Waals surface area (Å²) in [5.74, 6) is 0.348. The highest BCUT2D eigenvalue weighted by molar-refractivity contribution is 6.31. The van der Waals surface area contributed by atoms with Crippen LogP contribution in [-0.4, -0.2) is 17.6 Å². The predicted molar refractivity (Wildman–Crippen MR) is 103 cm³/mol. The summed E-state index contributed by atoms with van der Waals surface area (Å²) in [6, 6.07) is 6.28. The van der Waals surface area contributed by atoms with E-state index in [0.29, 0.717) is 22.5 Å². The van der Waals surface area contributed by atoms with Crippen molar-refractivity contribution < 1.29 is 9.53 Å². The van der Waals surface area contributed by atoms with Gasteiger partial charge in [0.15, 0.2) is 0 Å². The van der Waals surface area contributed by atoms with E-state index in [-0.39, 0.29) is 5.91 Å². The normalized spacial score (nSPS) is 14.1. The Morgan fingerprint density at radius 2 is 2.00 bits per heavy atom. The number of ether oxygens (including phenoxy) is 1. The fourth-order valence-electron chi connectivity index (χ4n) is 3.14. The van der Waals surface area contributed by atoms with Crippen LogP contribution in [0.1, 0.15) is 41.4 Å². The first-order chi connectivity index (χ1) is 11.9. The van der Waals surface area contributed by atoms with Crippen molar-refractivity contribution in [1.29, 1.82) is 0 Å². The number of benzene rings is 1. The van der Waals surface area contributed by atoms with Crippen LogP contribution < -0.4 is 10.1 Å². The lowest BCUT2D eigenvalue weighted by Crippen LogP contribution is -2.09. The molecule has 1 amide bonds. The maximum atomic E-state index is 12.3. The molecule has 1 aliphatic rings. The molecule has 1 aliphatic carbocycles. The first kappa shape index (κ1) is 17.6. The molecule has 132 valence electrons. The Labute approximate surface area is 153 Å². The molecule has 1 heterocycles. The van der Waals surface area contributed by atoms with Gasteiger partial charge in [0.05, 0.1) is 12.8 Å². The number of nitrogens with zero attached hydrogens (tertiary/aromatic N) is 1. The molecule has 0 aliphatic heterocycles. The minimum atomic E-state index is -0.198. The van der Waals surface area contributed by atoms with E-state index in [1.807, 2.05) is 19.1 Å². The zero-order chi connectivity index (χ0) is 18.1. The molecule has 1 N–H and O–H groups in total. The summed E-state index contributed by atoms with van der Waals surface area (Å²) in [5.41, 5.74) is 5.04. The summed E-state index contributed by atoms with van der Waals surface area (Å²) in [6.07, 6.45) is 5.92. The summed E-state index contributed by atoms with van der Waals surface area (Å²) >= 11 is 6.10. The molecule has 0 atom stereocenters. The zero-order valence-corrected chi connectivity index (χ0v) is 15.8. The van der Waals surface area contributed by atoms with Gasteiger partial charge < -0.3 is 14.6 Å². The largest absolute Gasteiger partial charge is 0.495 e. The lowest BCUT2D eigenvalue weighted by atomic mass is 10.2. The van der Waals surface area contributed by atoms with Crippen molar-refractivity contribution in [3.05, 3.63) is 51.8 Å². The summed E-state index contributed by atoms with van der Waals surface area (Å²) < 4.78 is 7.65. The Hall–Kier alpha value is -2.20. The first-order valence-corrected chi connectivity index (χ1v) is 8.80. The Morgan fingerprint density at radius 3 is 2.64 bits per heavy atom. The van der Waals surface area contributed by atoms with Crippen LogP contribution in [0.4, 0.5) is 5.69 Å². The molecule has 1 fully saturated rings. The van der Waals surface area contributed by atoms with Gasteiger partial charge in [-0.25, -0.2) is 0 Å². The van der Waals surface area contributed by atoms with E-state index in [2.05, 4.69) is 29.8 Å². The number of anilines is 1. The van der Waals surface area contributed by atoms with Crippen LogP contribution in [-0.2, 0) is 4.79 Å². The molecule has 1 aromatic heterocycles. The van der Waals surface area contributed by atoms with Gasteiger partial charge in [-0.1, -0.05) is 11.6 Å². The van der Waals surface area contributed by atoms with E-state index in [1.165, 1.54) is 24.2 Å². The van der Waals surface area contributed by atoms with Gasteiger partial charge in [0.1, 0.15) is 5.75 Å². The topological polar surface area (TPSA) is 43.3 Å². The average Bonchev–Trinajstić information content (AvgIpc) is 3.35. The summed E-state index contributed by atoms with van der Waals surface area (Å²) in [7, 11) is 1.55. The van der Waals surface area contributed by atoms with Gasteiger partial charge >= 0.3 is 0 Å². The van der Waals surface area contributed by atoms with Crippen LogP contribution in [0.3, 0.4) is 0 Å². The van der Waals surface area contributed by atoms with Crippen molar-refractivity contribution in [3.63, 3.8) is 0 Å². The maximum absolute atomic E-state index is 12.3. The highest BCUT2D eigenvalue weighted by atomic mass is 35.5. The van der Waals surface area contributed by atoms with E-state index >= 15 is 0 Å². The number of carbonyl (C=O) groups excluding carboxylic acids is 1. The maximum Gasteiger partial charge on any atom is 0.248 e. The molecule has 5 heteroatoms. The van der Waals surface area contributed by atoms with Gasteiger partial charge in [-0.3, -0.25) is 4.79 Å². The van der Waals surface area contributed by atoms with Crippen LogP contribution in [0.15, 0.2) is 24.3 Å². The quantitative estimate of drug-likeness (QED) is 0.759. The van der Waals surface area contributed by atoms with Gasteiger partial charge in [-0.2, -0.15) is 0 Å². The van der Waals surface area contributed by atoms with Crippen LogP contribution >= 0.6 is 11.6 Å². The van der Waals surface area contributed by atoms with Crippen LogP contribution in [0.2, 0.25) is 5.02 Å². The SMILES string of the molecule is COc1cc(Cl)c(C)cc1NC(=O)/C=C/c1cc(C)n(C2CC2)c1C. The lowest BCUT2D eigenvalue weighted by molar-refractivity contribution is -0.111. The van der Waals surface area contributed by atoms with E-state index in [9.17, 15) is 4.79 Å². The third kappa shape index (κ3) is 3.74. The Morgan fingerprint density at radius 1 is 1.28 bits per heavy atom. The number of aromatic nitrogens is 1. The zero-order valence-electron chi connectivity index (χ0n) is 15.0. The van der Waals surface area contributed by atoms with Gasteiger partial charge in [-0.05, 0) is 62.9 Å². The average molecular weight is 359 g/mol. The van der Waals surface area contributed by atoms with Gasteiger partial charge in [0.2, 0.25) is 5.91 Å². The molecule has 3 rings (SSSR count).